The minimum Gasteiger partial charge on any atom is -0.383 e. The van der Waals surface area contributed by atoms with Crippen LogP contribution in [0.3, 0.4) is 0 Å². The Morgan fingerprint density at radius 1 is 1.24 bits per heavy atom. The monoisotopic (exact) mass is 415 g/mol. The Morgan fingerprint density at radius 3 is 2.67 bits per heavy atom. The molecule has 0 aromatic rings. The van der Waals surface area contributed by atoms with Crippen molar-refractivity contribution in [2.75, 3.05) is 53.2 Å². The predicted octanol–water partition coefficient (Wildman–Crippen LogP) is 1.39. The summed E-state index contributed by atoms with van der Waals surface area (Å²) < 4.78 is 16.1. The first-order valence-electron chi connectivity index (χ1n) is 7.57. The molecule has 1 aliphatic heterocycles. The van der Waals surface area contributed by atoms with Gasteiger partial charge in [0, 0.05) is 46.6 Å². The zero-order valence-electron chi connectivity index (χ0n) is 13.2. The van der Waals surface area contributed by atoms with Gasteiger partial charge in [-0.15, -0.1) is 24.0 Å². The van der Waals surface area contributed by atoms with Gasteiger partial charge in [0.2, 0.25) is 0 Å². The van der Waals surface area contributed by atoms with Crippen LogP contribution in [0.4, 0.5) is 0 Å². The molecule has 0 bridgehead atoms. The number of halogens is 1. The van der Waals surface area contributed by atoms with Crippen molar-refractivity contribution in [3.05, 3.63) is 0 Å². The van der Waals surface area contributed by atoms with Crippen LogP contribution in [-0.2, 0) is 14.2 Å². The molecular weight excluding hydrogens is 385 g/mol. The molecule has 0 unspecified atom stereocenters. The van der Waals surface area contributed by atoms with Crippen LogP contribution in [0, 0.1) is 0 Å². The second-order valence-electron chi connectivity index (χ2n) is 4.72. The van der Waals surface area contributed by atoms with Crippen LogP contribution in [-0.4, -0.2) is 65.2 Å². The fourth-order valence-electron chi connectivity index (χ4n) is 1.96. The number of nitrogens with one attached hydrogen (secondary N) is 2. The summed E-state index contributed by atoms with van der Waals surface area (Å²) >= 11 is 0. The minimum absolute atomic E-state index is 0. The number of guanidine groups is 1. The maximum Gasteiger partial charge on any atom is 0.191 e. The largest absolute Gasteiger partial charge is 0.383 e. The van der Waals surface area contributed by atoms with Gasteiger partial charge in [0.1, 0.15) is 0 Å². The highest BCUT2D eigenvalue weighted by molar-refractivity contribution is 14.0. The molecular formula is C14H30IN3O3. The molecule has 0 atom stereocenters. The lowest BCUT2D eigenvalue weighted by Crippen LogP contribution is -2.39. The van der Waals surface area contributed by atoms with E-state index in [4.69, 9.17) is 14.2 Å². The summed E-state index contributed by atoms with van der Waals surface area (Å²) in [6, 6.07) is 0. The third kappa shape index (κ3) is 11.1. The van der Waals surface area contributed by atoms with Gasteiger partial charge in [0.15, 0.2) is 5.96 Å². The lowest BCUT2D eigenvalue weighted by Gasteiger charge is -2.22. The predicted molar refractivity (Wildman–Crippen MR) is 95.7 cm³/mol. The fraction of sp³-hybridized carbons (Fsp3) is 0.929. The lowest BCUT2D eigenvalue weighted by molar-refractivity contribution is -0.0318. The van der Waals surface area contributed by atoms with E-state index in [9.17, 15) is 0 Å². The van der Waals surface area contributed by atoms with Crippen LogP contribution in [0.1, 0.15) is 26.2 Å². The first kappa shape index (κ1) is 20.9. The summed E-state index contributed by atoms with van der Waals surface area (Å²) in [6.07, 6.45) is 3.36. The Bertz CT molecular complexity index is 262. The highest BCUT2D eigenvalue weighted by Gasteiger charge is 2.13. The maximum atomic E-state index is 5.81. The summed E-state index contributed by atoms with van der Waals surface area (Å²) in [4.78, 5) is 4.50. The Balaban J connectivity index is 0.00000400. The fourth-order valence-corrected chi connectivity index (χ4v) is 1.96. The number of methoxy groups -OCH3 is 1. The van der Waals surface area contributed by atoms with Crippen molar-refractivity contribution in [2.24, 2.45) is 4.99 Å². The molecule has 126 valence electrons. The maximum absolute atomic E-state index is 5.81. The van der Waals surface area contributed by atoms with Crippen LogP contribution in [0.25, 0.3) is 0 Å². The van der Waals surface area contributed by atoms with E-state index >= 15 is 0 Å². The summed E-state index contributed by atoms with van der Waals surface area (Å²) in [5.41, 5.74) is 0. The minimum atomic E-state index is 0. The number of ether oxygens (including phenoxy) is 3. The van der Waals surface area contributed by atoms with E-state index in [0.717, 1.165) is 64.7 Å². The summed E-state index contributed by atoms with van der Waals surface area (Å²) in [5.74, 6) is 0.843. The third-order valence-corrected chi connectivity index (χ3v) is 3.04. The van der Waals surface area contributed by atoms with Gasteiger partial charge in [-0.1, -0.05) is 0 Å². The number of hydrogen-bond donors (Lipinski definition) is 2. The SMILES string of the molecule is CCNC(=NCCCOC1CCOCC1)NCCOC.I. The topological polar surface area (TPSA) is 64.1 Å². The molecule has 1 rings (SSSR count). The molecule has 0 aromatic heterocycles. The van der Waals surface area contributed by atoms with E-state index in [2.05, 4.69) is 22.5 Å². The van der Waals surface area contributed by atoms with Gasteiger partial charge in [-0.2, -0.15) is 0 Å². The molecule has 0 amide bonds. The van der Waals surface area contributed by atoms with Gasteiger partial charge >= 0.3 is 0 Å². The molecule has 0 spiro atoms. The zero-order valence-corrected chi connectivity index (χ0v) is 15.6. The van der Waals surface area contributed by atoms with E-state index in [0.29, 0.717) is 12.7 Å². The molecule has 1 heterocycles. The third-order valence-electron chi connectivity index (χ3n) is 3.04. The van der Waals surface area contributed by atoms with E-state index in [1.807, 2.05) is 0 Å². The standard InChI is InChI=1S/C14H29N3O3.HI/c1-3-15-14(17-8-12-18-2)16-7-4-9-20-13-5-10-19-11-6-13;/h13H,3-12H2,1-2H3,(H2,15,16,17);1H. The van der Waals surface area contributed by atoms with Crippen molar-refractivity contribution in [1.29, 1.82) is 0 Å². The van der Waals surface area contributed by atoms with Crippen molar-refractivity contribution in [3.63, 3.8) is 0 Å². The van der Waals surface area contributed by atoms with Crippen molar-refractivity contribution in [3.8, 4) is 0 Å². The van der Waals surface area contributed by atoms with Gasteiger partial charge < -0.3 is 24.8 Å². The average Bonchev–Trinajstić information content (AvgIpc) is 2.48. The Morgan fingerprint density at radius 2 is 2.00 bits per heavy atom. The molecule has 1 fully saturated rings. The second kappa shape index (κ2) is 14.8. The first-order chi connectivity index (χ1) is 9.86. The molecule has 21 heavy (non-hydrogen) atoms. The Hall–Kier alpha value is -0.120. The van der Waals surface area contributed by atoms with Crippen LogP contribution in [0.2, 0.25) is 0 Å². The summed E-state index contributed by atoms with van der Waals surface area (Å²) in [6.45, 7) is 7.56. The normalized spacial score (nSPS) is 16.4. The molecule has 2 N–H and O–H groups in total. The highest BCUT2D eigenvalue weighted by atomic mass is 127. The van der Waals surface area contributed by atoms with E-state index in [1.165, 1.54) is 0 Å². The quantitative estimate of drug-likeness (QED) is 0.258. The van der Waals surface area contributed by atoms with Crippen molar-refractivity contribution in [2.45, 2.75) is 32.3 Å². The highest BCUT2D eigenvalue weighted by Crippen LogP contribution is 2.10. The number of hydrogen-bond acceptors (Lipinski definition) is 4. The molecule has 6 nitrogen and oxygen atoms in total. The number of nitrogens with zero attached hydrogens (tertiary/aromatic N) is 1. The van der Waals surface area contributed by atoms with Gasteiger partial charge in [-0.25, -0.2) is 0 Å². The van der Waals surface area contributed by atoms with E-state index in [-0.39, 0.29) is 24.0 Å². The van der Waals surface area contributed by atoms with Gasteiger partial charge in [-0.05, 0) is 26.2 Å². The molecule has 7 heteroatoms. The Labute approximate surface area is 145 Å². The van der Waals surface area contributed by atoms with E-state index < -0.39 is 0 Å². The molecule has 0 aliphatic carbocycles. The molecule has 0 aromatic carbocycles. The molecule has 0 saturated carbocycles. The summed E-state index contributed by atoms with van der Waals surface area (Å²) in [7, 11) is 1.69. The number of rotatable bonds is 9. The average molecular weight is 415 g/mol. The Kier molecular flexibility index (Phi) is 14.7. The molecule has 1 aliphatic rings. The van der Waals surface area contributed by atoms with Crippen molar-refractivity contribution < 1.29 is 14.2 Å². The van der Waals surface area contributed by atoms with E-state index in [1.54, 1.807) is 7.11 Å². The van der Waals surface area contributed by atoms with Crippen LogP contribution < -0.4 is 10.6 Å². The first-order valence-corrected chi connectivity index (χ1v) is 7.57. The van der Waals surface area contributed by atoms with Crippen molar-refractivity contribution in [1.82, 2.24) is 10.6 Å². The van der Waals surface area contributed by atoms with Gasteiger partial charge in [0.25, 0.3) is 0 Å². The van der Waals surface area contributed by atoms with Gasteiger partial charge in [-0.3, -0.25) is 4.99 Å². The summed E-state index contributed by atoms with van der Waals surface area (Å²) in [5, 5.41) is 6.43. The van der Waals surface area contributed by atoms with Crippen LogP contribution >= 0.6 is 24.0 Å². The van der Waals surface area contributed by atoms with Crippen molar-refractivity contribution >= 4 is 29.9 Å². The molecule has 0 radical (unpaired) electrons. The number of aliphatic imine (C=N–C) groups is 1. The lowest BCUT2D eigenvalue weighted by atomic mass is 10.1. The van der Waals surface area contributed by atoms with Gasteiger partial charge in [0.05, 0.1) is 12.7 Å². The van der Waals surface area contributed by atoms with Crippen LogP contribution in [0.15, 0.2) is 4.99 Å². The second-order valence-corrected chi connectivity index (χ2v) is 4.72. The van der Waals surface area contributed by atoms with Crippen LogP contribution in [0.5, 0.6) is 0 Å². The molecule has 1 saturated heterocycles. The zero-order chi connectivity index (χ0) is 14.5. The smallest absolute Gasteiger partial charge is 0.191 e.